The van der Waals surface area contributed by atoms with Gasteiger partial charge in [-0.05, 0) is 88.5 Å². The maximum absolute atomic E-state index is 13.2. The molecular formula is C66H74N8O14. The van der Waals surface area contributed by atoms with E-state index in [4.69, 9.17) is 37.9 Å². The maximum Gasteiger partial charge on any atom is 0.257 e. The lowest BCUT2D eigenvalue weighted by molar-refractivity contribution is -0.119. The largest absolute Gasteiger partial charge is 0.493 e. The molecule has 3 N–H and O–H groups in total. The molecule has 8 aliphatic rings. The molecule has 12 rings (SSSR count). The SMILES string of the molecule is C=C1C[C@H]2C=Nc3cc(OCCCCCOc4cc5c(cc4OC)C(=O)N4CC(=C)C[C@H]4C(=O)N5)c(OC)cc3C(=O)N2C1.C=C1C[C@H]2C=Nc3cc(OCCCCCOc4cc5c(cc4OC)C(=O)N4CC(=C)C[C@H]4[C@H](O)N5)c(OC)cc3C(=O)N2C1. The monoisotopic (exact) mass is 1200 g/mol. The van der Waals surface area contributed by atoms with Crippen molar-refractivity contribution in [3.63, 3.8) is 0 Å². The van der Waals surface area contributed by atoms with E-state index in [0.717, 1.165) is 73.7 Å². The van der Waals surface area contributed by atoms with Gasteiger partial charge in [-0.2, -0.15) is 0 Å². The van der Waals surface area contributed by atoms with Gasteiger partial charge in [0, 0.05) is 62.9 Å². The summed E-state index contributed by atoms with van der Waals surface area (Å²) in [5.74, 6) is 3.08. The standard InChI is InChI=1S/C33H38N4O7.C33H36N4O7/c2*1-19-10-21-16-34-24-14-29(27(41-3)12-22(24)32(39)36(21)17-19)43-8-6-5-7-9-44-30-15-25-23(13-28(30)42-4)33(40)37-18-20(2)11-26(37)31(38)35-25/h12-16,21,26,31,35,38H,1-2,5-11,17-18H2,3-4H3;12-16,21,26H,1-2,5-11,17-18H2,3-4H3,(H,35,38)/t21-,26-,31-;21-,26-/m00/s1. The summed E-state index contributed by atoms with van der Waals surface area (Å²) in [6, 6.07) is 12.5. The predicted molar refractivity (Wildman–Crippen MR) is 331 cm³/mol. The second-order valence-electron chi connectivity index (χ2n) is 23.1. The smallest absolute Gasteiger partial charge is 0.257 e. The molecule has 8 heterocycles. The molecule has 5 amide bonds. The molecule has 8 aliphatic heterocycles. The van der Waals surface area contributed by atoms with Crippen molar-refractivity contribution in [1.82, 2.24) is 19.6 Å². The number of fused-ring (bicyclic) bond motifs is 8. The van der Waals surface area contributed by atoms with Crippen LogP contribution >= 0.6 is 0 Å². The van der Waals surface area contributed by atoms with Crippen LogP contribution in [0.1, 0.15) is 106 Å². The number of unbranched alkanes of at least 4 members (excludes halogenated alkanes) is 4. The Hall–Kier alpha value is -9.31. The number of aliphatic imine (C=N–C) groups is 2. The van der Waals surface area contributed by atoms with Crippen molar-refractivity contribution in [2.45, 2.75) is 94.6 Å². The number of rotatable bonds is 20. The van der Waals surface area contributed by atoms with Crippen molar-refractivity contribution in [1.29, 1.82) is 0 Å². The minimum absolute atomic E-state index is 0.0744. The van der Waals surface area contributed by atoms with Crippen molar-refractivity contribution in [2.24, 2.45) is 9.98 Å². The third kappa shape index (κ3) is 12.3. The average Bonchev–Trinajstić information content (AvgIpc) is 2.01. The molecule has 0 unspecified atom stereocenters. The molecule has 0 bridgehead atoms. The highest BCUT2D eigenvalue weighted by Crippen LogP contribution is 2.43. The molecule has 0 radical (unpaired) electrons. The Morgan fingerprint density at radius 3 is 1.31 bits per heavy atom. The van der Waals surface area contributed by atoms with Crippen molar-refractivity contribution in [2.75, 3.05) is 91.7 Å². The number of amides is 5. The maximum atomic E-state index is 13.2. The number of hydrogen-bond donors (Lipinski definition) is 3. The third-order valence-corrected chi connectivity index (χ3v) is 16.9. The molecule has 0 aliphatic carbocycles. The summed E-state index contributed by atoms with van der Waals surface area (Å²) in [5, 5.41) is 16.7. The number of nitrogens with zero attached hydrogens (tertiary/aromatic N) is 6. The number of carbonyl (C=O) groups excluding carboxylic acids is 5. The van der Waals surface area contributed by atoms with Crippen molar-refractivity contribution < 1.29 is 67.0 Å². The fourth-order valence-electron chi connectivity index (χ4n) is 12.3. The van der Waals surface area contributed by atoms with Crippen LogP contribution in [0.4, 0.5) is 22.7 Å². The van der Waals surface area contributed by atoms with Crippen LogP contribution in [0.5, 0.6) is 46.0 Å². The number of benzene rings is 4. The molecular weight excluding hydrogens is 1130 g/mol. The lowest BCUT2D eigenvalue weighted by atomic mass is 10.1. The van der Waals surface area contributed by atoms with E-state index in [-0.39, 0.29) is 47.7 Å². The zero-order chi connectivity index (χ0) is 61.9. The lowest BCUT2D eigenvalue weighted by Crippen LogP contribution is -2.43. The Balaban J connectivity index is 0.000000182. The summed E-state index contributed by atoms with van der Waals surface area (Å²) in [4.78, 5) is 81.5. The highest BCUT2D eigenvalue weighted by Gasteiger charge is 2.43. The van der Waals surface area contributed by atoms with Gasteiger partial charge in [-0.15, -0.1) is 0 Å². The molecule has 0 aromatic heterocycles. The van der Waals surface area contributed by atoms with Crippen molar-refractivity contribution in [3.05, 3.63) is 119 Å². The van der Waals surface area contributed by atoms with Crippen LogP contribution < -0.4 is 48.5 Å². The number of methoxy groups -OCH3 is 4. The van der Waals surface area contributed by atoms with Gasteiger partial charge in [-0.3, -0.25) is 34.0 Å². The lowest BCUT2D eigenvalue weighted by Gasteiger charge is -2.24. The molecule has 0 spiro atoms. The summed E-state index contributed by atoms with van der Waals surface area (Å²) in [7, 11) is 6.16. The summed E-state index contributed by atoms with van der Waals surface area (Å²) in [5.41, 5.74) is 7.66. The Morgan fingerprint density at radius 1 is 0.455 bits per heavy atom. The van der Waals surface area contributed by atoms with Crippen LogP contribution in [-0.2, 0) is 4.79 Å². The first kappa shape index (κ1) is 60.4. The number of carbonyl (C=O) groups is 5. The number of aliphatic hydroxyl groups excluding tert-OH is 1. The molecule has 4 saturated heterocycles. The molecule has 4 aromatic rings. The van der Waals surface area contributed by atoms with Gasteiger partial charge < -0.3 is 73.2 Å². The van der Waals surface area contributed by atoms with E-state index in [1.54, 1.807) is 82.4 Å². The highest BCUT2D eigenvalue weighted by atomic mass is 16.5. The molecule has 22 heteroatoms. The molecule has 22 nitrogen and oxygen atoms in total. The van der Waals surface area contributed by atoms with Crippen LogP contribution in [0.25, 0.3) is 0 Å². The number of hydrogen-bond acceptors (Lipinski definition) is 17. The molecule has 5 atom stereocenters. The number of ether oxygens (including phenoxy) is 8. The van der Waals surface area contributed by atoms with Gasteiger partial charge in [0.25, 0.3) is 23.6 Å². The van der Waals surface area contributed by atoms with E-state index in [1.165, 1.54) is 14.2 Å². The first-order valence-electron chi connectivity index (χ1n) is 29.7. The van der Waals surface area contributed by atoms with Gasteiger partial charge in [0.2, 0.25) is 5.91 Å². The van der Waals surface area contributed by atoms with Crippen LogP contribution in [0.2, 0.25) is 0 Å². The Kier molecular flexibility index (Phi) is 17.8. The van der Waals surface area contributed by atoms with Crippen LogP contribution in [0, 0.1) is 0 Å². The summed E-state index contributed by atoms with van der Waals surface area (Å²) in [6.45, 7) is 19.6. The van der Waals surface area contributed by atoms with Crippen LogP contribution in [0.3, 0.4) is 0 Å². The van der Waals surface area contributed by atoms with Gasteiger partial charge >= 0.3 is 0 Å². The van der Waals surface area contributed by atoms with Gasteiger partial charge in [0.15, 0.2) is 46.0 Å². The fraction of sp³-hybridized carbons (Fsp3) is 0.409. The topological polar surface area (TPSA) is 241 Å². The van der Waals surface area contributed by atoms with Crippen molar-refractivity contribution in [3.8, 4) is 46.0 Å². The Morgan fingerprint density at radius 2 is 0.830 bits per heavy atom. The van der Waals surface area contributed by atoms with E-state index < -0.39 is 12.3 Å². The third-order valence-electron chi connectivity index (χ3n) is 16.9. The second-order valence-corrected chi connectivity index (χ2v) is 23.1. The molecule has 462 valence electrons. The van der Waals surface area contributed by atoms with Gasteiger partial charge in [0.05, 0.1) is 118 Å². The minimum atomic E-state index is -0.913. The first-order chi connectivity index (χ1) is 42.5. The summed E-state index contributed by atoms with van der Waals surface area (Å²) >= 11 is 0. The first-order valence-corrected chi connectivity index (χ1v) is 29.7. The molecule has 88 heavy (non-hydrogen) atoms. The molecule has 4 fully saturated rings. The fourth-order valence-corrected chi connectivity index (χ4v) is 12.3. The Labute approximate surface area is 511 Å². The number of anilines is 2. The van der Waals surface area contributed by atoms with Gasteiger partial charge in [0.1, 0.15) is 12.3 Å². The van der Waals surface area contributed by atoms with Crippen LogP contribution in [0.15, 0.2) is 107 Å². The van der Waals surface area contributed by atoms with Crippen molar-refractivity contribution >= 4 is 64.7 Å². The van der Waals surface area contributed by atoms with Crippen LogP contribution in [-0.4, -0.2) is 178 Å². The van der Waals surface area contributed by atoms with E-state index in [2.05, 4.69) is 46.9 Å². The quantitative estimate of drug-likeness (QED) is 0.0553. The highest BCUT2D eigenvalue weighted by molar-refractivity contribution is 6.11. The van der Waals surface area contributed by atoms with E-state index >= 15 is 0 Å². The number of nitrogens with one attached hydrogen (secondary N) is 2. The van der Waals surface area contributed by atoms with E-state index in [1.807, 2.05) is 12.4 Å². The molecule has 0 saturated carbocycles. The van der Waals surface area contributed by atoms with Gasteiger partial charge in [-0.1, -0.05) is 48.6 Å². The summed E-state index contributed by atoms with van der Waals surface area (Å²) in [6.07, 6.45) is 9.88. The second kappa shape index (κ2) is 26.0. The normalized spacial score (nSPS) is 21.2. The number of aliphatic hydroxyl groups is 1. The average molecular weight is 1200 g/mol. The minimum Gasteiger partial charge on any atom is -0.493 e. The summed E-state index contributed by atoms with van der Waals surface area (Å²) < 4.78 is 46.2. The zero-order valence-corrected chi connectivity index (χ0v) is 50.2. The molecule has 4 aromatic carbocycles. The predicted octanol–water partition coefficient (Wildman–Crippen LogP) is 8.87. The Bertz CT molecular complexity index is 3580. The van der Waals surface area contributed by atoms with E-state index in [9.17, 15) is 29.1 Å². The van der Waals surface area contributed by atoms with Gasteiger partial charge in [-0.25, -0.2) is 0 Å². The van der Waals surface area contributed by atoms with E-state index in [0.29, 0.717) is 156 Å². The zero-order valence-electron chi connectivity index (χ0n) is 50.2.